The maximum absolute atomic E-state index is 12.8. The van der Waals surface area contributed by atoms with Crippen molar-refractivity contribution in [1.29, 1.82) is 0 Å². The first-order chi connectivity index (χ1) is 9.78. The summed E-state index contributed by atoms with van der Waals surface area (Å²) in [5.74, 6) is -0.837. The smallest absolute Gasteiger partial charge is 0.233 e. The molecule has 1 saturated heterocycles. The molecule has 1 aliphatic rings. The molecule has 1 fully saturated rings. The third-order valence-corrected chi connectivity index (χ3v) is 5.19. The maximum atomic E-state index is 12.8. The van der Waals surface area contributed by atoms with Crippen LogP contribution in [0.3, 0.4) is 0 Å². The molecule has 0 aromatic rings. The summed E-state index contributed by atoms with van der Waals surface area (Å²) in [6.45, 7) is 15.4. The van der Waals surface area contributed by atoms with Crippen molar-refractivity contribution in [2.24, 2.45) is 16.7 Å². The molecule has 22 heavy (non-hydrogen) atoms. The molecule has 1 atom stereocenters. The lowest BCUT2D eigenvalue weighted by molar-refractivity contribution is -0.155. The van der Waals surface area contributed by atoms with Crippen LogP contribution >= 0.6 is 0 Å². The van der Waals surface area contributed by atoms with Crippen LogP contribution < -0.4 is 5.32 Å². The molecule has 3 amide bonds. The number of hydrogen-bond donors (Lipinski definition) is 1. The lowest BCUT2D eigenvalue weighted by Crippen LogP contribution is -2.61. The second-order valence-corrected chi connectivity index (χ2v) is 8.23. The van der Waals surface area contributed by atoms with E-state index in [9.17, 15) is 14.4 Å². The van der Waals surface area contributed by atoms with Gasteiger partial charge in [-0.25, -0.2) is 0 Å². The topological polar surface area (TPSA) is 66.5 Å². The Hall–Kier alpha value is -1.39. The van der Waals surface area contributed by atoms with E-state index in [1.165, 1.54) is 4.90 Å². The Morgan fingerprint density at radius 2 is 1.64 bits per heavy atom. The molecule has 5 heteroatoms. The number of carbonyl (C=O) groups excluding carboxylic acids is 3. The second-order valence-electron chi connectivity index (χ2n) is 8.23. The minimum Gasteiger partial charge on any atom is -0.356 e. The van der Waals surface area contributed by atoms with E-state index in [1.807, 2.05) is 27.7 Å². The predicted molar refractivity (Wildman–Crippen MR) is 86.0 cm³/mol. The van der Waals surface area contributed by atoms with Crippen molar-refractivity contribution in [1.82, 2.24) is 10.2 Å². The van der Waals surface area contributed by atoms with Crippen molar-refractivity contribution in [3.63, 3.8) is 0 Å². The van der Waals surface area contributed by atoms with Crippen LogP contribution in [0.25, 0.3) is 0 Å². The first-order valence-corrected chi connectivity index (χ1v) is 7.93. The molecule has 0 spiro atoms. The molecule has 5 nitrogen and oxygen atoms in total. The fourth-order valence-corrected chi connectivity index (χ4v) is 2.83. The Morgan fingerprint density at radius 1 is 1.14 bits per heavy atom. The zero-order chi connectivity index (χ0) is 17.5. The summed E-state index contributed by atoms with van der Waals surface area (Å²) >= 11 is 0. The molecule has 0 aliphatic carbocycles. The maximum Gasteiger partial charge on any atom is 0.233 e. The molecule has 0 bridgehead atoms. The van der Waals surface area contributed by atoms with E-state index in [0.29, 0.717) is 6.54 Å². The van der Waals surface area contributed by atoms with Crippen LogP contribution in [-0.4, -0.2) is 34.7 Å². The van der Waals surface area contributed by atoms with Crippen LogP contribution in [0.4, 0.5) is 0 Å². The highest BCUT2D eigenvalue weighted by molar-refractivity contribution is 6.05. The van der Waals surface area contributed by atoms with Crippen LogP contribution in [-0.2, 0) is 14.4 Å². The van der Waals surface area contributed by atoms with E-state index in [1.54, 1.807) is 27.7 Å². The molecule has 0 aromatic heterocycles. The molecular formula is C17H30N2O3. The van der Waals surface area contributed by atoms with Gasteiger partial charge < -0.3 is 5.32 Å². The summed E-state index contributed by atoms with van der Waals surface area (Å²) in [5, 5.41) is 2.80. The standard InChI is InChI=1S/C17H30N2O3/c1-9-18-14(22)16(5,6)17(7,8)19-12(20)10-11(13(19)21)15(2,3)4/h11H,9-10H2,1-8H3,(H,18,22). The highest BCUT2D eigenvalue weighted by Crippen LogP contribution is 2.43. The quantitative estimate of drug-likeness (QED) is 0.811. The summed E-state index contributed by atoms with van der Waals surface area (Å²) in [7, 11) is 0. The highest BCUT2D eigenvalue weighted by Gasteiger charge is 2.56. The van der Waals surface area contributed by atoms with Gasteiger partial charge >= 0.3 is 0 Å². The van der Waals surface area contributed by atoms with Gasteiger partial charge in [0.2, 0.25) is 17.7 Å². The van der Waals surface area contributed by atoms with Gasteiger partial charge in [-0.1, -0.05) is 20.8 Å². The van der Waals surface area contributed by atoms with Crippen LogP contribution in [0.5, 0.6) is 0 Å². The lowest BCUT2D eigenvalue weighted by atomic mass is 9.72. The Balaban J connectivity index is 3.20. The van der Waals surface area contributed by atoms with E-state index >= 15 is 0 Å². The number of likely N-dealkylation sites (tertiary alicyclic amines) is 1. The number of imide groups is 1. The van der Waals surface area contributed by atoms with Gasteiger partial charge in [-0.15, -0.1) is 0 Å². The highest BCUT2D eigenvalue weighted by atomic mass is 16.2. The van der Waals surface area contributed by atoms with Gasteiger partial charge in [0.1, 0.15) is 0 Å². The van der Waals surface area contributed by atoms with Gasteiger partial charge in [0.05, 0.1) is 16.9 Å². The SMILES string of the molecule is CCNC(=O)C(C)(C)C(C)(C)N1C(=O)CC(C(C)(C)C)C1=O. The summed E-state index contributed by atoms with van der Waals surface area (Å²) in [4.78, 5) is 39.0. The molecular weight excluding hydrogens is 280 g/mol. The predicted octanol–water partition coefficient (Wildman–Crippen LogP) is 2.35. The average Bonchev–Trinajstić information content (AvgIpc) is 2.64. The zero-order valence-corrected chi connectivity index (χ0v) is 15.2. The first kappa shape index (κ1) is 18.7. The Labute approximate surface area is 133 Å². The zero-order valence-electron chi connectivity index (χ0n) is 15.2. The Morgan fingerprint density at radius 3 is 2.00 bits per heavy atom. The average molecular weight is 310 g/mol. The monoisotopic (exact) mass is 310 g/mol. The second kappa shape index (κ2) is 5.67. The number of amides is 3. The Bertz CT molecular complexity index is 487. The summed E-state index contributed by atoms with van der Waals surface area (Å²) in [6.07, 6.45) is 0.219. The summed E-state index contributed by atoms with van der Waals surface area (Å²) < 4.78 is 0. The van der Waals surface area contributed by atoms with E-state index in [2.05, 4.69) is 5.32 Å². The van der Waals surface area contributed by atoms with Crippen LogP contribution in [0.15, 0.2) is 0 Å². The molecule has 0 saturated carbocycles. The fourth-order valence-electron chi connectivity index (χ4n) is 2.83. The first-order valence-electron chi connectivity index (χ1n) is 7.93. The third-order valence-electron chi connectivity index (χ3n) is 5.19. The number of hydrogen-bond acceptors (Lipinski definition) is 3. The van der Waals surface area contributed by atoms with Crippen LogP contribution in [0.1, 0.15) is 61.8 Å². The molecule has 0 aromatic carbocycles. The summed E-state index contributed by atoms with van der Waals surface area (Å²) in [5.41, 5.74) is -2.03. The largest absolute Gasteiger partial charge is 0.356 e. The van der Waals surface area contributed by atoms with E-state index in [0.717, 1.165) is 0 Å². The summed E-state index contributed by atoms with van der Waals surface area (Å²) in [6, 6.07) is 0. The fraction of sp³-hybridized carbons (Fsp3) is 0.824. The third kappa shape index (κ3) is 2.90. The minimum atomic E-state index is -0.888. The van der Waals surface area contributed by atoms with E-state index in [-0.39, 0.29) is 35.5 Å². The van der Waals surface area contributed by atoms with Gasteiger partial charge in [-0.05, 0) is 40.0 Å². The molecule has 1 aliphatic heterocycles. The van der Waals surface area contributed by atoms with Crippen molar-refractivity contribution in [2.45, 2.75) is 67.3 Å². The Kier molecular flexibility index (Phi) is 4.81. The molecule has 1 unspecified atom stereocenters. The molecule has 126 valence electrons. The van der Waals surface area contributed by atoms with Gasteiger partial charge in [0.25, 0.3) is 0 Å². The number of carbonyl (C=O) groups is 3. The van der Waals surface area contributed by atoms with Crippen LogP contribution in [0.2, 0.25) is 0 Å². The molecule has 1 rings (SSSR count). The van der Waals surface area contributed by atoms with Crippen molar-refractivity contribution in [2.75, 3.05) is 6.54 Å². The van der Waals surface area contributed by atoms with Gasteiger partial charge in [0, 0.05) is 13.0 Å². The van der Waals surface area contributed by atoms with Gasteiger partial charge in [0.15, 0.2) is 0 Å². The van der Waals surface area contributed by atoms with Crippen molar-refractivity contribution >= 4 is 17.7 Å². The van der Waals surface area contributed by atoms with Gasteiger partial charge in [-0.2, -0.15) is 0 Å². The number of nitrogens with zero attached hydrogens (tertiary/aromatic N) is 1. The van der Waals surface area contributed by atoms with Crippen molar-refractivity contribution < 1.29 is 14.4 Å². The molecule has 0 radical (unpaired) electrons. The normalized spacial score (nSPS) is 20.5. The van der Waals surface area contributed by atoms with E-state index in [4.69, 9.17) is 0 Å². The number of nitrogens with one attached hydrogen (secondary N) is 1. The minimum absolute atomic E-state index is 0.153. The van der Waals surface area contributed by atoms with Gasteiger partial charge in [-0.3, -0.25) is 19.3 Å². The van der Waals surface area contributed by atoms with Crippen LogP contribution in [0, 0.1) is 16.7 Å². The van der Waals surface area contributed by atoms with Crippen molar-refractivity contribution in [3.05, 3.63) is 0 Å². The molecule has 1 N–H and O–H groups in total. The van der Waals surface area contributed by atoms with E-state index < -0.39 is 11.0 Å². The van der Waals surface area contributed by atoms with Crippen molar-refractivity contribution in [3.8, 4) is 0 Å². The number of rotatable bonds is 4. The lowest BCUT2D eigenvalue weighted by Gasteiger charge is -2.45. The molecule has 1 heterocycles.